The SMILES string of the molecule is Cc1ccc(NC(=O)COc2ccccc2/C=C2\SC(=O)N(Cc3c(F)cccc3Cl)C2=O)cc1C. The fourth-order valence-electron chi connectivity index (χ4n) is 3.51. The predicted octanol–water partition coefficient (Wildman–Crippen LogP) is 6.35. The van der Waals surface area contributed by atoms with Gasteiger partial charge < -0.3 is 10.1 Å². The number of nitrogens with one attached hydrogen (secondary N) is 1. The van der Waals surface area contributed by atoms with Crippen LogP contribution < -0.4 is 10.1 Å². The molecular formula is C27H22ClFN2O4S. The first-order chi connectivity index (χ1) is 17.2. The van der Waals surface area contributed by atoms with Crippen molar-refractivity contribution in [3.05, 3.63) is 98.7 Å². The molecule has 0 aromatic heterocycles. The molecule has 3 amide bonds. The number of rotatable bonds is 7. The summed E-state index contributed by atoms with van der Waals surface area (Å²) in [6.07, 6.45) is 1.52. The molecule has 4 rings (SSSR count). The van der Waals surface area contributed by atoms with Gasteiger partial charge in [0.25, 0.3) is 17.1 Å². The van der Waals surface area contributed by atoms with E-state index in [0.717, 1.165) is 27.8 Å². The normalized spacial score (nSPS) is 14.4. The largest absolute Gasteiger partial charge is 0.483 e. The molecule has 184 valence electrons. The highest BCUT2D eigenvalue weighted by molar-refractivity contribution is 8.18. The predicted molar refractivity (Wildman–Crippen MR) is 139 cm³/mol. The van der Waals surface area contributed by atoms with E-state index < -0.39 is 17.0 Å². The number of amides is 3. The number of nitrogens with zero attached hydrogens (tertiary/aromatic N) is 1. The monoisotopic (exact) mass is 524 g/mol. The lowest BCUT2D eigenvalue weighted by Gasteiger charge is -2.14. The van der Waals surface area contributed by atoms with E-state index in [-0.39, 0.29) is 34.6 Å². The highest BCUT2D eigenvalue weighted by atomic mass is 35.5. The third-order valence-electron chi connectivity index (χ3n) is 5.61. The molecule has 3 aromatic carbocycles. The topological polar surface area (TPSA) is 75.7 Å². The number of para-hydroxylation sites is 1. The average molecular weight is 525 g/mol. The van der Waals surface area contributed by atoms with Gasteiger partial charge in [-0.2, -0.15) is 0 Å². The lowest BCUT2D eigenvalue weighted by molar-refractivity contribution is -0.123. The first-order valence-electron chi connectivity index (χ1n) is 11.0. The quantitative estimate of drug-likeness (QED) is 0.364. The molecule has 0 saturated carbocycles. The number of anilines is 1. The molecule has 1 saturated heterocycles. The van der Waals surface area contributed by atoms with Crippen LogP contribution in [-0.2, 0) is 16.1 Å². The number of ether oxygens (including phenoxy) is 1. The first kappa shape index (κ1) is 25.5. The molecule has 0 radical (unpaired) electrons. The zero-order valence-electron chi connectivity index (χ0n) is 19.5. The molecule has 1 heterocycles. The summed E-state index contributed by atoms with van der Waals surface area (Å²) < 4.78 is 19.9. The standard InChI is InChI=1S/C27H22ClFN2O4S/c1-16-10-11-19(12-17(16)2)30-25(32)15-35-23-9-4-3-6-18(23)13-24-26(33)31(27(34)36-24)14-20-21(28)7-5-8-22(20)29/h3-13H,14-15H2,1-2H3,(H,30,32)/b24-13-. The highest BCUT2D eigenvalue weighted by Gasteiger charge is 2.36. The summed E-state index contributed by atoms with van der Waals surface area (Å²) in [4.78, 5) is 38.9. The van der Waals surface area contributed by atoms with E-state index >= 15 is 0 Å². The zero-order valence-corrected chi connectivity index (χ0v) is 21.1. The van der Waals surface area contributed by atoms with Crippen LogP contribution >= 0.6 is 23.4 Å². The van der Waals surface area contributed by atoms with Gasteiger partial charge in [0.05, 0.1) is 11.4 Å². The molecule has 1 aliphatic heterocycles. The molecular weight excluding hydrogens is 503 g/mol. The Morgan fingerprint density at radius 1 is 1.08 bits per heavy atom. The number of benzene rings is 3. The average Bonchev–Trinajstić information content (AvgIpc) is 3.10. The Hall–Kier alpha value is -3.62. The number of imide groups is 1. The van der Waals surface area contributed by atoms with Gasteiger partial charge in [0.1, 0.15) is 11.6 Å². The minimum Gasteiger partial charge on any atom is -0.483 e. The van der Waals surface area contributed by atoms with Crippen LogP contribution in [-0.4, -0.2) is 28.6 Å². The summed E-state index contributed by atoms with van der Waals surface area (Å²) in [5.41, 5.74) is 3.45. The summed E-state index contributed by atoms with van der Waals surface area (Å²) >= 11 is 6.80. The Labute approximate surface area is 217 Å². The molecule has 1 N–H and O–H groups in total. The molecule has 0 spiro atoms. The Kier molecular flexibility index (Phi) is 7.76. The maximum absolute atomic E-state index is 14.2. The second kappa shape index (κ2) is 11.0. The van der Waals surface area contributed by atoms with Crippen molar-refractivity contribution in [2.24, 2.45) is 0 Å². The van der Waals surface area contributed by atoms with Gasteiger partial charge in [0, 0.05) is 21.8 Å². The third-order valence-corrected chi connectivity index (χ3v) is 6.87. The number of hydrogen-bond donors (Lipinski definition) is 1. The second-order valence-corrected chi connectivity index (χ2v) is 9.54. The van der Waals surface area contributed by atoms with Crippen molar-refractivity contribution in [3.63, 3.8) is 0 Å². The fraction of sp³-hybridized carbons (Fsp3) is 0.148. The Balaban J connectivity index is 1.46. The third kappa shape index (κ3) is 5.78. The molecule has 0 bridgehead atoms. The molecule has 0 aliphatic carbocycles. The molecule has 9 heteroatoms. The van der Waals surface area contributed by atoms with E-state index in [0.29, 0.717) is 17.0 Å². The van der Waals surface area contributed by atoms with Crippen molar-refractivity contribution < 1.29 is 23.5 Å². The van der Waals surface area contributed by atoms with E-state index in [1.54, 1.807) is 24.3 Å². The van der Waals surface area contributed by atoms with Gasteiger partial charge in [-0.1, -0.05) is 41.9 Å². The van der Waals surface area contributed by atoms with E-state index in [1.807, 2.05) is 32.0 Å². The van der Waals surface area contributed by atoms with Crippen LogP contribution in [0.5, 0.6) is 5.75 Å². The summed E-state index contributed by atoms with van der Waals surface area (Å²) in [5.74, 6) is -1.12. The minimum absolute atomic E-state index is 0.0706. The number of aryl methyl sites for hydroxylation is 2. The van der Waals surface area contributed by atoms with E-state index in [9.17, 15) is 18.8 Å². The fourth-order valence-corrected chi connectivity index (χ4v) is 4.56. The minimum atomic E-state index is -0.594. The highest BCUT2D eigenvalue weighted by Crippen LogP contribution is 2.36. The van der Waals surface area contributed by atoms with Crippen LogP contribution in [0.4, 0.5) is 14.9 Å². The number of halogens is 2. The van der Waals surface area contributed by atoms with Crippen LogP contribution in [0.25, 0.3) is 6.08 Å². The van der Waals surface area contributed by atoms with Crippen LogP contribution in [0.1, 0.15) is 22.3 Å². The summed E-state index contributed by atoms with van der Waals surface area (Å²) in [5, 5.41) is 2.40. The molecule has 1 aliphatic rings. The number of thioether (sulfide) groups is 1. The van der Waals surface area contributed by atoms with Gasteiger partial charge in [-0.05, 0) is 73.1 Å². The van der Waals surface area contributed by atoms with Gasteiger partial charge in [0.2, 0.25) is 0 Å². The first-order valence-corrected chi connectivity index (χ1v) is 12.2. The van der Waals surface area contributed by atoms with Crippen molar-refractivity contribution in [3.8, 4) is 5.75 Å². The Morgan fingerprint density at radius 3 is 2.61 bits per heavy atom. The Morgan fingerprint density at radius 2 is 1.86 bits per heavy atom. The molecule has 0 atom stereocenters. The van der Waals surface area contributed by atoms with Gasteiger partial charge in [-0.15, -0.1) is 0 Å². The summed E-state index contributed by atoms with van der Waals surface area (Å²) in [6, 6.07) is 16.7. The number of carbonyl (C=O) groups is 3. The van der Waals surface area contributed by atoms with Crippen molar-refractivity contribution in [1.29, 1.82) is 0 Å². The molecule has 0 unspecified atom stereocenters. The lowest BCUT2D eigenvalue weighted by Crippen LogP contribution is -2.28. The molecule has 1 fully saturated rings. The van der Waals surface area contributed by atoms with Crippen molar-refractivity contribution in [2.75, 3.05) is 11.9 Å². The number of hydrogen-bond acceptors (Lipinski definition) is 5. The van der Waals surface area contributed by atoms with Crippen molar-refractivity contribution >= 4 is 52.2 Å². The maximum atomic E-state index is 14.2. The van der Waals surface area contributed by atoms with E-state index in [1.165, 1.54) is 24.3 Å². The van der Waals surface area contributed by atoms with E-state index in [2.05, 4.69) is 5.32 Å². The maximum Gasteiger partial charge on any atom is 0.293 e. The summed E-state index contributed by atoms with van der Waals surface area (Å²) in [7, 11) is 0. The van der Waals surface area contributed by atoms with Gasteiger partial charge in [-0.25, -0.2) is 4.39 Å². The Bertz CT molecular complexity index is 1370. The van der Waals surface area contributed by atoms with Crippen LogP contribution in [0.15, 0.2) is 65.6 Å². The zero-order chi connectivity index (χ0) is 25.8. The smallest absolute Gasteiger partial charge is 0.293 e. The summed E-state index contributed by atoms with van der Waals surface area (Å²) in [6.45, 7) is 3.44. The number of carbonyl (C=O) groups excluding carboxylic acids is 3. The molecule has 6 nitrogen and oxygen atoms in total. The van der Waals surface area contributed by atoms with Gasteiger partial charge in [0.15, 0.2) is 6.61 Å². The van der Waals surface area contributed by atoms with E-state index in [4.69, 9.17) is 16.3 Å². The van der Waals surface area contributed by atoms with Crippen LogP contribution in [0.3, 0.4) is 0 Å². The van der Waals surface area contributed by atoms with Crippen molar-refractivity contribution in [2.45, 2.75) is 20.4 Å². The van der Waals surface area contributed by atoms with Crippen LogP contribution in [0, 0.1) is 19.7 Å². The van der Waals surface area contributed by atoms with Crippen LogP contribution in [0.2, 0.25) is 5.02 Å². The second-order valence-electron chi connectivity index (χ2n) is 8.14. The molecule has 36 heavy (non-hydrogen) atoms. The molecule has 3 aromatic rings. The lowest BCUT2D eigenvalue weighted by atomic mass is 10.1. The van der Waals surface area contributed by atoms with Gasteiger partial charge >= 0.3 is 0 Å². The van der Waals surface area contributed by atoms with Gasteiger partial charge in [-0.3, -0.25) is 19.3 Å². The van der Waals surface area contributed by atoms with Crippen molar-refractivity contribution in [1.82, 2.24) is 4.90 Å².